The van der Waals surface area contributed by atoms with Crippen LogP contribution in [0.2, 0.25) is 10.0 Å². The lowest BCUT2D eigenvalue weighted by atomic mass is 9.76. The number of carbonyl (C=O) groups excluding carboxylic acids is 1. The number of hydrogen-bond donors (Lipinski definition) is 1. The molecular weight excluding hydrogens is 543 g/mol. The zero-order valence-electron chi connectivity index (χ0n) is 19.0. The molecule has 0 saturated heterocycles. The Morgan fingerprint density at radius 1 is 1.11 bits per heavy atom. The summed E-state index contributed by atoms with van der Waals surface area (Å²) in [5.41, 5.74) is 2.92. The molecule has 1 N–H and O–H groups in total. The molecule has 5 rings (SSSR count). The molecule has 5 atom stereocenters. The molecule has 3 aromatic carbocycles. The van der Waals surface area contributed by atoms with Gasteiger partial charge in [0.2, 0.25) is 0 Å². The van der Waals surface area contributed by atoms with Gasteiger partial charge in [0, 0.05) is 27.3 Å². The SMILES string of the molecule is COC(=O)c1cccc2c1N[C@H](c1ccc(Cl)cc1Cl)[C@@H]1C[C@H](Sc3ccccc3[N+](=O)[O-])[C@H](Cl)[C@@H]21. The van der Waals surface area contributed by atoms with Gasteiger partial charge in [-0.15, -0.1) is 23.4 Å². The highest BCUT2D eigenvalue weighted by Gasteiger charge is 2.51. The Labute approximate surface area is 227 Å². The topological polar surface area (TPSA) is 81.5 Å². The Morgan fingerprint density at radius 2 is 1.89 bits per heavy atom. The molecule has 0 spiro atoms. The smallest absolute Gasteiger partial charge is 0.339 e. The second-order valence-electron chi connectivity index (χ2n) is 8.80. The van der Waals surface area contributed by atoms with Gasteiger partial charge in [0.25, 0.3) is 5.69 Å². The number of alkyl halides is 1. The first kappa shape index (κ1) is 25.2. The van der Waals surface area contributed by atoms with Gasteiger partial charge in [-0.1, -0.05) is 53.5 Å². The van der Waals surface area contributed by atoms with Crippen molar-refractivity contribution in [3.05, 3.63) is 97.5 Å². The summed E-state index contributed by atoms with van der Waals surface area (Å²) < 4.78 is 5.03. The fraction of sp³-hybridized carbons (Fsp3) is 0.269. The number of nitrogens with one attached hydrogen (secondary N) is 1. The van der Waals surface area contributed by atoms with E-state index in [2.05, 4.69) is 5.32 Å². The number of hydrogen-bond acceptors (Lipinski definition) is 6. The van der Waals surface area contributed by atoms with Gasteiger partial charge in [0.05, 0.1) is 39.6 Å². The maximum atomic E-state index is 12.6. The number of methoxy groups -OCH3 is 1. The van der Waals surface area contributed by atoms with Gasteiger partial charge in [-0.3, -0.25) is 10.1 Å². The maximum Gasteiger partial charge on any atom is 0.339 e. The molecule has 1 heterocycles. The van der Waals surface area contributed by atoms with Crippen molar-refractivity contribution in [2.45, 2.75) is 33.9 Å². The Morgan fingerprint density at radius 3 is 2.61 bits per heavy atom. The summed E-state index contributed by atoms with van der Waals surface area (Å²) in [5, 5.41) is 15.8. The number of benzene rings is 3. The van der Waals surface area contributed by atoms with E-state index in [1.54, 1.807) is 36.4 Å². The van der Waals surface area contributed by atoms with E-state index in [0.29, 0.717) is 32.6 Å². The fourth-order valence-corrected chi connectivity index (χ4v) is 7.83. The molecule has 1 fully saturated rings. The second kappa shape index (κ2) is 10.1. The summed E-state index contributed by atoms with van der Waals surface area (Å²) in [5.74, 6) is -0.551. The predicted molar refractivity (Wildman–Crippen MR) is 144 cm³/mol. The second-order valence-corrected chi connectivity index (χ2v) is 11.4. The lowest BCUT2D eigenvalue weighted by Crippen LogP contribution is -2.32. The first-order chi connectivity index (χ1) is 17.3. The van der Waals surface area contributed by atoms with Crippen LogP contribution in [0.25, 0.3) is 0 Å². The first-order valence-electron chi connectivity index (χ1n) is 11.3. The number of fused-ring (bicyclic) bond motifs is 3. The van der Waals surface area contributed by atoms with Crippen molar-refractivity contribution in [3.63, 3.8) is 0 Å². The molecule has 6 nitrogen and oxygen atoms in total. The molecule has 1 aliphatic heterocycles. The predicted octanol–water partition coefficient (Wildman–Crippen LogP) is 7.73. The third kappa shape index (κ3) is 4.43. The monoisotopic (exact) mass is 562 g/mol. The van der Waals surface area contributed by atoms with Crippen LogP contribution in [-0.4, -0.2) is 28.6 Å². The van der Waals surface area contributed by atoms with Crippen LogP contribution in [-0.2, 0) is 4.74 Å². The summed E-state index contributed by atoms with van der Waals surface area (Å²) in [7, 11) is 1.35. The Kier molecular flexibility index (Phi) is 7.10. The standard InChI is InChI=1S/C26H21Cl3N2O4S/c1-35-26(32)16-6-4-5-15-22-17(24(30-25(15)16)14-10-9-13(27)11-18(14)28)12-21(23(22)29)36-20-8-3-2-7-19(20)31(33)34/h2-11,17,21-24,30H,12H2,1H3/t17-,21+,22+,23+,24-/m1/s1. The van der Waals surface area contributed by atoms with E-state index in [1.807, 2.05) is 18.2 Å². The largest absolute Gasteiger partial charge is 0.465 e. The van der Waals surface area contributed by atoms with E-state index < -0.39 is 5.97 Å². The summed E-state index contributed by atoms with van der Waals surface area (Å²) in [6.45, 7) is 0. The number of nitro benzene ring substituents is 1. The van der Waals surface area contributed by atoms with Crippen LogP contribution in [0.3, 0.4) is 0 Å². The summed E-state index contributed by atoms with van der Waals surface area (Å²) in [6, 6.07) is 17.3. The number of carbonyl (C=O) groups is 1. The van der Waals surface area contributed by atoms with Crippen LogP contribution in [0.4, 0.5) is 11.4 Å². The zero-order chi connectivity index (χ0) is 25.6. The van der Waals surface area contributed by atoms with E-state index in [1.165, 1.54) is 24.9 Å². The van der Waals surface area contributed by atoms with E-state index in [0.717, 1.165) is 11.1 Å². The van der Waals surface area contributed by atoms with E-state index in [9.17, 15) is 14.9 Å². The normalized spacial score (nSPS) is 24.4. The van der Waals surface area contributed by atoms with Gasteiger partial charge < -0.3 is 10.1 Å². The summed E-state index contributed by atoms with van der Waals surface area (Å²) in [4.78, 5) is 24.4. The van der Waals surface area contributed by atoms with Crippen molar-refractivity contribution >= 4 is 63.9 Å². The van der Waals surface area contributed by atoms with Crippen molar-refractivity contribution < 1.29 is 14.5 Å². The third-order valence-electron chi connectivity index (χ3n) is 6.89. The van der Waals surface area contributed by atoms with Gasteiger partial charge in [-0.2, -0.15) is 0 Å². The summed E-state index contributed by atoms with van der Waals surface area (Å²) >= 11 is 21.4. The highest BCUT2D eigenvalue weighted by molar-refractivity contribution is 8.00. The van der Waals surface area contributed by atoms with E-state index in [4.69, 9.17) is 39.5 Å². The number of nitro groups is 1. The Bertz CT molecular complexity index is 1350. The molecule has 0 radical (unpaired) electrons. The molecule has 1 saturated carbocycles. The zero-order valence-corrected chi connectivity index (χ0v) is 22.1. The molecular formula is C26H21Cl3N2O4S. The molecule has 186 valence electrons. The number of anilines is 1. The fourth-order valence-electron chi connectivity index (χ4n) is 5.36. The number of ether oxygens (including phenoxy) is 1. The molecule has 10 heteroatoms. The average Bonchev–Trinajstić information content (AvgIpc) is 3.19. The van der Waals surface area contributed by atoms with Gasteiger partial charge >= 0.3 is 5.97 Å². The Balaban J connectivity index is 1.60. The maximum absolute atomic E-state index is 12.6. The van der Waals surface area contributed by atoms with Gasteiger partial charge in [0.1, 0.15) is 0 Å². The van der Waals surface area contributed by atoms with Gasteiger partial charge in [-0.25, -0.2) is 4.79 Å². The number of para-hydroxylation sites is 2. The number of esters is 1. The number of nitrogens with zero attached hydrogens (tertiary/aromatic N) is 1. The first-order valence-corrected chi connectivity index (χ1v) is 13.3. The lowest BCUT2D eigenvalue weighted by Gasteiger charge is -2.39. The average molecular weight is 564 g/mol. The van der Waals surface area contributed by atoms with Crippen LogP contribution in [0.1, 0.15) is 39.9 Å². The van der Waals surface area contributed by atoms with Crippen molar-refractivity contribution in [1.82, 2.24) is 0 Å². The molecule has 0 aromatic heterocycles. The number of rotatable bonds is 5. The minimum Gasteiger partial charge on any atom is -0.465 e. The molecule has 2 aliphatic rings. The minimum absolute atomic E-state index is 0.0202. The van der Waals surface area contributed by atoms with Gasteiger partial charge in [-0.05, 0) is 47.7 Å². The number of thioether (sulfide) groups is 1. The molecule has 1 aliphatic carbocycles. The van der Waals surface area contributed by atoms with Crippen molar-refractivity contribution in [3.8, 4) is 0 Å². The summed E-state index contributed by atoms with van der Waals surface area (Å²) in [6.07, 6.45) is 0.689. The molecule has 3 aromatic rings. The van der Waals surface area contributed by atoms with Crippen LogP contribution in [0, 0.1) is 16.0 Å². The minimum atomic E-state index is -0.450. The highest BCUT2D eigenvalue weighted by Crippen LogP contribution is 2.59. The molecule has 0 unspecified atom stereocenters. The third-order valence-corrected chi connectivity index (χ3v) is 9.57. The van der Waals surface area contributed by atoms with E-state index >= 15 is 0 Å². The molecule has 0 amide bonds. The van der Waals surface area contributed by atoms with Gasteiger partial charge in [0.15, 0.2) is 0 Å². The van der Waals surface area contributed by atoms with Crippen LogP contribution >= 0.6 is 46.6 Å². The quantitative estimate of drug-likeness (QED) is 0.148. The van der Waals surface area contributed by atoms with Crippen molar-refractivity contribution in [1.29, 1.82) is 0 Å². The number of halogens is 3. The van der Waals surface area contributed by atoms with Crippen molar-refractivity contribution in [2.24, 2.45) is 5.92 Å². The van der Waals surface area contributed by atoms with Crippen LogP contribution in [0.15, 0.2) is 65.6 Å². The Hall–Kier alpha value is -2.45. The highest BCUT2D eigenvalue weighted by atomic mass is 35.5. The molecule has 36 heavy (non-hydrogen) atoms. The van der Waals surface area contributed by atoms with Crippen molar-refractivity contribution in [2.75, 3.05) is 12.4 Å². The van der Waals surface area contributed by atoms with Crippen LogP contribution in [0.5, 0.6) is 0 Å². The van der Waals surface area contributed by atoms with Crippen LogP contribution < -0.4 is 5.32 Å². The molecule has 0 bridgehead atoms. The lowest BCUT2D eigenvalue weighted by molar-refractivity contribution is -0.387. The van der Waals surface area contributed by atoms with E-state index in [-0.39, 0.29) is 39.1 Å².